The molecular weight excluding hydrogens is 385 g/mol. The number of aryl methyl sites for hydroxylation is 2. The number of halogens is 1. The van der Waals surface area contributed by atoms with Gasteiger partial charge in [-0.05, 0) is 44.9 Å². The zero-order chi connectivity index (χ0) is 20.8. The van der Waals surface area contributed by atoms with Gasteiger partial charge in [0.2, 0.25) is 5.95 Å². The third kappa shape index (κ3) is 3.10. The summed E-state index contributed by atoms with van der Waals surface area (Å²) in [4.78, 5) is 27.9. The fraction of sp³-hybridized carbons (Fsp3) is 0.381. The number of nitrogens with zero attached hydrogens (tertiary/aromatic N) is 7. The predicted octanol–water partition coefficient (Wildman–Crippen LogP) is 2.31. The molecule has 9 heteroatoms. The average Bonchev–Trinajstić information content (AvgIpc) is 3.27. The molecule has 3 aromatic rings. The van der Waals surface area contributed by atoms with Crippen LogP contribution < -0.4 is 4.90 Å². The first kappa shape index (κ1) is 18.7. The Labute approximate surface area is 173 Å². The molecule has 5 heterocycles. The zero-order valence-electron chi connectivity index (χ0n) is 16.9. The van der Waals surface area contributed by atoms with Gasteiger partial charge in [-0.2, -0.15) is 15.0 Å². The van der Waals surface area contributed by atoms with Crippen molar-refractivity contribution in [3.8, 4) is 5.69 Å². The molecule has 2 unspecified atom stereocenters. The van der Waals surface area contributed by atoms with Crippen LogP contribution in [0.2, 0.25) is 0 Å². The Morgan fingerprint density at radius 2 is 1.73 bits per heavy atom. The number of anilines is 1. The lowest BCUT2D eigenvalue weighted by atomic mass is 9.90. The van der Waals surface area contributed by atoms with Crippen LogP contribution in [0.3, 0.4) is 0 Å². The Kier molecular flexibility index (Phi) is 4.45. The molecule has 3 saturated heterocycles. The highest BCUT2D eigenvalue weighted by atomic mass is 19.1. The molecule has 8 nitrogen and oxygen atoms in total. The van der Waals surface area contributed by atoms with E-state index in [0.29, 0.717) is 24.7 Å². The molecule has 0 aliphatic carbocycles. The molecule has 6 rings (SSSR count). The number of fused-ring (bicyclic) bond motifs is 3. The summed E-state index contributed by atoms with van der Waals surface area (Å²) in [6.45, 7) is 5.07. The Hall–Kier alpha value is -3.36. The first-order chi connectivity index (χ1) is 14.5. The molecule has 3 aliphatic heterocycles. The van der Waals surface area contributed by atoms with Crippen molar-refractivity contribution in [2.24, 2.45) is 0 Å². The summed E-state index contributed by atoms with van der Waals surface area (Å²) in [5.41, 5.74) is 2.21. The Bertz CT molecular complexity index is 1080. The van der Waals surface area contributed by atoms with Gasteiger partial charge < -0.3 is 9.80 Å². The van der Waals surface area contributed by atoms with Crippen LogP contribution in [-0.4, -0.2) is 60.9 Å². The maximum atomic E-state index is 14.8. The minimum atomic E-state index is -0.564. The highest BCUT2D eigenvalue weighted by molar-refractivity contribution is 5.98. The number of hydrogen-bond acceptors (Lipinski definition) is 6. The Balaban J connectivity index is 1.45. The van der Waals surface area contributed by atoms with Crippen molar-refractivity contribution in [1.29, 1.82) is 0 Å². The largest absolute Gasteiger partial charge is 0.334 e. The maximum absolute atomic E-state index is 14.8. The Morgan fingerprint density at radius 3 is 2.40 bits per heavy atom. The molecule has 1 aromatic carbocycles. The predicted molar refractivity (Wildman–Crippen MR) is 108 cm³/mol. The molecule has 30 heavy (non-hydrogen) atoms. The van der Waals surface area contributed by atoms with Crippen LogP contribution in [0.4, 0.5) is 10.3 Å². The van der Waals surface area contributed by atoms with Crippen molar-refractivity contribution in [3.63, 3.8) is 0 Å². The molecule has 3 fully saturated rings. The molecule has 2 atom stereocenters. The van der Waals surface area contributed by atoms with Crippen LogP contribution in [-0.2, 0) is 0 Å². The van der Waals surface area contributed by atoms with E-state index in [2.05, 4.69) is 25.1 Å². The summed E-state index contributed by atoms with van der Waals surface area (Å²) in [7, 11) is 0. The van der Waals surface area contributed by atoms with E-state index in [1.165, 1.54) is 23.3 Å². The van der Waals surface area contributed by atoms with Gasteiger partial charge in [0.15, 0.2) is 0 Å². The van der Waals surface area contributed by atoms with Gasteiger partial charge in [-0.25, -0.2) is 14.4 Å². The fourth-order valence-electron chi connectivity index (χ4n) is 4.53. The molecule has 0 radical (unpaired) electrons. The van der Waals surface area contributed by atoms with Crippen LogP contribution in [0.25, 0.3) is 5.69 Å². The van der Waals surface area contributed by atoms with E-state index in [1.54, 1.807) is 17.0 Å². The number of carbonyl (C=O) groups is 1. The summed E-state index contributed by atoms with van der Waals surface area (Å²) in [6, 6.07) is 6.56. The minimum absolute atomic E-state index is 0.00968. The van der Waals surface area contributed by atoms with Gasteiger partial charge in [0.25, 0.3) is 5.91 Å². The van der Waals surface area contributed by atoms with Crippen LogP contribution in [0, 0.1) is 19.7 Å². The van der Waals surface area contributed by atoms with Crippen molar-refractivity contribution >= 4 is 11.9 Å². The lowest BCUT2D eigenvalue weighted by Gasteiger charge is -2.51. The first-order valence-corrected chi connectivity index (χ1v) is 10.1. The van der Waals surface area contributed by atoms with Crippen molar-refractivity contribution < 1.29 is 9.18 Å². The van der Waals surface area contributed by atoms with Gasteiger partial charge in [0, 0.05) is 36.6 Å². The summed E-state index contributed by atoms with van der Waals surface area (Å²) < 4.78 is 14.8. The second-order valence-corrected chi connectivity index (χ2v) is 7.90. The molecular formula is C21H22FN7O. The van der Waals surface area contributed by atoms with Crippen LogP contribution in [0.1, 0.15) is 34.6 Å². The molecule has 2 aromatic heterocycles. The lowest BCUT2D eigenvalue weighted by molar-refractivity contribution is 0.0497. The van der Waals surface area contributed by atoms with Crippen molar-refractivity contribution in [2.45, 2.75) is 38.8 Å². The van der Waals surface area contributed by atoms with Gasteiger partial charge in [-0.3, -0.25) is 4.79 Å². The molecule has 2 bridgehead atoms. The minimum Gasteiger partial charge on any atom is -0.334 e. The summed E-state index contributed by atoms with van der Waals surface area (Å²) >= 11 is 0. The number of amides is 1. The van der Waals surface area contributed by atoms with E-state index >= 15 is 0 Å². The Morgan fingerprint density at radius 1 is 1.03 bits per heavy atom. The number of carbonyl (C=O) groups excluding carboxylic acids is 1. The van der Waals surface area contributed by atoms with E-state index < -0.39 is 5.82 Å². The molecule has 3 aliphatic rings. The first-order valence-electron chi connectivity index (χ1n) is 10.1. The monoisotopic (exact) mass is 407 g/mol. The number of hydrogen-bond donors (Lipinski definition) is 0. The van der Waals surface area contributed by atoms with Crippen molar-refractivity contribution in [1.82, 2.24) is 29.9 Å². The topological polar surface area (TPSA) is 80.0 Å². The van der Waals surface area contributed by atoms with Crippen LogP contribution >= 0.6 is 0 Å². The number of benzene rings is 1. The number of piperidine rings is 2. The zero-order valence-corrected chi connectivity index (χ0v) is 16.9. The fourth-order valence-corrected chi connectivity index (χ4v) is 4.53. The SMILES string of the molecule is Cc1cc(C)nc(N2CC3CCC2CN3C(=O)c2c(F)cccc2-n2nccn2)n1. The second-order valence-electron chi connectivity index (χ2n) is 7.90. The van der Waals surface area contributed by atoms with Gasteiger partial charge in [-0.15, -0.1) is 0 Å². The van der Waals surface area contributed by atoms with Gasteiger partial charge >= 0.3 is 0 Å². The van der Waals surface area contributed by atoms with E-state index in [0.717, 1.165) is 24.2 Å². The number of rotatable bonds is 3. The van der Waals surface area contributed by atoms with Crippen LogP contribution in [0.5, 0.6) is 0 Å². The normalized spacial score (nSPS) is 20.6. The quantitative estimate of drug-likeness (QED) is 0.663. The third-order valence-electron chi connectivity index (χ3n) is 5.86. The molecule has 1 amide bonds. The summed E-state index contributed by atoms with van der Waals surface area (Å²) in [5.74, 6) is -0.177. The van der Waals surface area contributed by atoms with E-state index in [4.69, 9.17) is 0 Å². The molecule has 0 spiro atoms. The third-order valence-corrected chi connectivity index (χ3v) is 5.86. The summed E-state index contributed by atoms with van der Waals surface area (Å²) in [5, 5.41) is 8.15. The number of aromatic nitrogens is 5. The maximum Gasteiger partial charge on any atom is 0.259 e. The lowest BCUT2D eigenvalue weighted by Crippen LogP contribution is -2.64. The van der Waals surface area contributed by atoms with Gasteiger partial charge in [0.1, 0.15) is 17.1 Å². The molecule has 154 valence electrons. The van der Waals surface area contributed by atoms with Crippen LogP contribution in [0.15, 0.2) is 36.7 Å². The smallest absolute Gasteiger partial charge is 0.259 e. The van der Waals surface area contributed by atoms with E-state index in [1.807, 2.05) is 19.9 Å². The van der Waals surface area contributed by atoms with Gasteiger partial charge in [-0.1, -0.05) is 6.07 Å². The average molecular weight is 407 g/mol. The van der Waals surface area contributed by atoms with Gasteiger partial charge in [0.05, 0.1) is 12.4 Å². The number of piperazine rings is 1. The van der Waals surface area contributed by atoms with Crippen molar-refractivity contribution in [3.05, 3.63) is 59.4 Å². The molecule has 0 saturated carbocycles. The molecule has 0 N–H and O–H groups in total. The van der Waals surface area contributed by atoms with E-state index in [-0.39, 0.29) is 23.6 Å². The standard InChI is InChI=1S/C21H22FN7O/c1-13-10-14(2)26-21(25-13)28-12-15-6-7-16(28)11-27(15)20(30)19-17(22)4-3-5-18(19)29-23-8-9-24-29/h3-5,8-10,15-16H,6-7,11-12H2,1-2H3. The van der Waals surface area contributed by atoms with E-state index in [9.17, 15) is 9.18 Å². The highest BCUT2D eigenvalue weighted by Gasteiger charge is 2.43. The summed E-state index contributed by atoms with van der Waals surface area (Å²) in [6.07, 6.45) is 4.84. The second kappa shape index (κ2) is 7.16. The highest BCUT2D eigenvalue weighted by Crippen LogP contribution is 2.33. The van der Waals surface area contributed by atoms with Crippen molar-refractivity contribution in [2.75, 3.05) is 18.0 Å².